The van der Waals surface area contributed by atoms with Crippen LogP contribution in [0.4, 0.5) is 13.2 Å². The maximum atomic E-state index is 12.5. The molecule has 2 atom stereocenters. The number of halogens is 3. The second kappa shape index (κ2) is 6.55. The molecule has 0 bridgehead atoms. The van der Waals surface area contributed by atoms with E-state index in [1.807, 2.05) is 6.92 Å². The van der Waals surface area contributed by atoms with Crippen molar-refractivity contribution < 1.29 is 22.8 Å². The lowest BCUT2D eigenvalue weighted by molar-refractivity contribution is -0.138. The second-order valence-electron chi connectivity index (χ2n) is 6.50. The Bertz CT molecular complexity index is 677. The van der Waals surface area contributed by atoms with Gasteiger partial charge < -0.3 is 10.2 Å². The van der Waals surface area contributed by atoms with Crippen molar-refractivity contribution in [2.45, 2.75) is 43.3 Å². The molecule has 2 aliphatic heterocycles. The first kappa shape index (κ1) is 18.1. The van der Waals surface area contributed by atoms with Gasteiger partial charge in [0.1, 0.15) is 6.04 Å². The lowest BCUT2D eigenvalue weighted by Gasteiger charge is -2.29. The quantitative estimate of drug-likeness (QED) is 0.884. The Morgan fingerprint density at radius 2 is 2.04 bits per heavy atom. The van der Waals surface area contributed by atoms with Gasteiger partial charge >= 0.3 is 6.18 Å². The summed E-state index contributed by atoms with van der Waals surface area (Å²) in [6.07, 6.45) is -2.68. The number of rotatable bonds is 4. The molecular formula is C17H19F3N2O2S. The summed E-state index contributed by atoms with van der Waals surface area (Å²) in [5.41, 5.74) is 0.0336. The van der Waals surface area contributed by atoms with Crippen molar-refractivity contribution in [1.29, 1.82) is 0 Å². The van der Waals surface area contributed by atoms with Crippen molar-refractivity contribution in [2.75, 3.05) is 12.3 Å². The molecule has 2 amide bonds. The molecule has 1 aromatic rings. The molecule has 2 heterocycles. The SMILES string of the molecule is C[C@@]12CCC(=O)N1[C@@H](C(=O)NCCc1ccc(C(F)(F)F)cc1)CS2. The zero-order valence-corrected chi connectivity index (χ0v) is 14.5. The van der Waals surface area contributed by atoms with Crippen LogP contribution in [0.2, 0.25) is 0 Å². The molecule has 25 heavy (non-hydrogen) atoms. The third-order valence-corrected chi connectivity index (χ3v) is 6.25. The lowest BCUT2D eigenvalue weighted by Crippen LogP contribution is -2.50. The Labute approximate surface area is 148 Å². The molecule has 2 aliphatic rings. The predicted octanol–water partition coefficient (Wildman–Crippen LogP) is 2.82. The molecule has 2 fully saturated rings. The van der Waals surface area contributed by atoms with E-state index in [1.54, 1.807) is 16.7 Å². The molecule has 0 spiro atoms. The zero-order valence-electron chi connectivity index (χ0n) is 13.7. The van der Waals surface area contributed by atoms with Gasteiger partial charge in [-0.1, -0.05) is 12.1 Å². The van der Waals surface area contributed by atoms with Gasteiger partial charge in [-0.05, 0) is 37.5 Å². The zero-order chi connectivity index (χ0) is 18.2. The van der Waals surface area contributed by atoms with Crippen molar-refractivity contribution in [2.24, 2.45) is 0 Å². The molecule has 1 N–H and O–H groups in total. The van der Waals surface area contributed by atoms with E-state index in [4.69, 9.17) is 0 Å². The van der Waals surface area contributed by atoms with E-state index >= 15 is 0 Å². The number of thioether (sulfide) groups is 1. The highest BCUT2D eigenvalue weighted by Gasteiger charge is 2.52. The minimum atomic E-state index is -4.35. The highest BCUT2D eigenvalue weighted by Crippen LogP contribution is 2.47. The maximum Gasteiger partial charge on any atom is 0.416 e. The Hall–Kier alpha value is -1.70. The largest absolute Gasteiger partial charge is 0.416 e. The Balaban J connectivity index is 1.52. The fraction of sp³-hybridized carbons (Fsp3) is 0.529. The van der Waals surface area contributed by atoms with Crippen LogP contribution in [0.25, 0.3) is 0 Å². The minimum absolute atomic E-state index is 0.00962. The topological polar surface area (TPSA) is 49.4 Å². The van der Waals surface area contributed by atoms with Crippen molar-refractivity contribution >= 4 is 23.6 Å². The summed E-state index contributed by atoms with van der Waals surface area (Å²) in [6.45, 7) is 2.31. The first-order valence-electron chi connectivity index (χ1n) is 8.11. The van der Waals surface area contributed by atoms with Crippen LogP contribution in [-0.4, -0.2) is 39.9 Å². The third-order valence-electron chi connectivity index (χ3n) is 4.74. The fourth-order valence-corrected chi connectivity index (χ4v) is 4.75. The first-order valence-corrected chi connectivity index (χ1v) is 9.09. The minimum Gasteiger partial charge on any atom is -0.354 e. The number of carbonyl (C=O) groups excluding carboxylic acids is 2. The van der Waals surface area contributed by atoms with E-state index in [2.05, 4.69) is 5.32 Å². The second-order valence-corrected chi connectivity index (χ2v) is 8.00. The van der Waals surface area contributed by atoms with E-state index in [0.29, 0.717) is 25.1 Å². The van der Waals surface area contributed by atoms with E-state index in [1.165, 1.54) is 12.1 Å². The van der Waals surface area contributed by atoms with Crippen LogP contribution in [0.5, 0.6) is 0 Å². The van der Waals surface area contributed by atoms with Crippen molar-refractivity contribution in [1.82, 2.24) is 10.2 Å². The fourth-order valence-electron chi connectivity index (χ4n) is 3.32. The van der Waals surface area contributed by atoms with Gasteiger partial charge in [-0.25, -0.2) is 0 Å². The molecule has 3 rings (SSSR count). The molecule has 8 heteroatoms. The predicted molar refractivity (Wildman–Crippen MR) is 88.9 cm³/mol. The summed E-state index contributed by atoms with van der Waals surface area (Å²) in [6, 6.07) is 4.46. The van der Waals surface area contributed by atoms with Crippen LogP contribution in [-0.2, 0) is 22.2 Å². The van der Waals surface area contributed by atoms with Crippen molar-refractivity contribution in [3.63, 3.8) is 0 Å². The first-order chi connectivity index (χ1) is 11.7. The van der Waals surface area contributed by atoms with E-state index < -0.39 is 17.8 Å². The number of amides is 2. The van der Waals surface area contributed by atoms with Gasteiger partial charge in [0.2, 0.25) is 11.8 Å². The normalized spacial score (nSPS) is 26.0. The summed E-state index contributed by atoms with van der Waals surface area (Å²) in [7, 11) is 0. The molecule has 0 aromatic heterocycles. The molecule has 136 valence electrons. The third kappa shape index (κ3) is 3.63. The van der Waals surface area contributed by atoms with Crippen molar-refractivity contribution in [3.8, 4) is 0 Å². The summed E-state index contributed by atoms with van der Waals surface area (Å²) >= 11 is 1.63. The van der Waals surface area contributed by atoms with Gasteiger partial charge in [-0.2, -0.15) is 13.2 Å². The summed E-state index contributed by atoms with van der Waals surface area (Å²) < 4.78 is 37.6. The number of alkyl halides is 3. The van der Waals surface area contributed by atoms with Gasteiger partial charge in [0.05, 0.1) is 10.4 Å². The van der Waals surface area contributed by atoms with Gasteiger partial charge in [0, 0.05) is 18.7 Å². The summed E-state index contributed by atoms with van der Waals surface area (Å²) in [5.74, 6) is 0.391. The van der Waals surface area contributed by atoms with Gasteiger partial charge in [-0.15, -0.1) is 11.8 Å². The van der Waals surface area contributed by atoms with Crippen LogP contribution in [0.1, 0.15) is 30.9 Å². The number of hydrogen-bond donors (Lipinski definition) is 1. The molecule has 2 saturated heterocycles. The molecular weight excluding hydrogens is 353 g/mol. The molecule has 0 aliphatic carbocycles. The van der Waals surface area contributed by atoms with E-state index in [0.717, 1.165) is 24.1 Å². The van der Waals surface area contributed by atoms with Crippen LogP contribution >= 0.6 is 11.8 Å². The smallest absolute Gasteiger partial charge is 0.354 e. The average Bonchev–Trinajstić information content (AvgIpc) is 3.04. The maximum absolute atomic E-state index is 12.5. The molecule has 0 saturated carbocycles. The van der Waals surface area contributed by atoms with E-state index in [9.17, 15) is 22.8 Å². The van der Waals surface area contributed by atoms with Gasteiger partial charge in [-0.3, -0.25) is 9.59 Å². The number of benzene rings is 1. The van der Waals surface area contributed by atoms with E-state index in [-0.39, 0.29) is 16.7 Å². The monoisotopic (exact) mass is 372 g/mol. The number of hydrogen-bond acceptors (Lipinski definition) is 3. The van der Waals surface area contributed by atoms with Crippen molar-refractivity contribution in [3.05, 3.63) is 35.4 Å². The molecule has 1 aromatic carbocycles. The highest BCUT2D eigenvalue weighted by atomic mass is 32.2. The van der Waals surface area contributed by atoms with Crippen LogP contribution in [0.15, 0.2) is 24.3 Å². The number of fused-ring (bicyclic) bond motifs is 1. The number of nitrogens with one attached hydrogen (secondary N) is 1. The highest BCUT2D eigenvalue weighted by molar-refractivity contribution is 8.01. The Morgan fingerprint density at radius 3 is 2.68 bits per heavy atom. The van der Waals surface area contributed by atoms with Gasteiger partial charge in [0.15, 0.2) is 0 Å². The van der Waals surface area contributed by atoms with Crippen LogP contribution < -0.4 is 5.32 Å². The van der Waals surface area contributed by atoms with Crippen LogP contribution in [0, 0.1) is 0 Å². The molecule has 0 unspecified atom stereocenters. The standard InChI is InChI=1S/C17H19F3N2O2S/c1-16-8-6-14(23)22(16)13(10-25-16)15(24)21-9-7-11-2-4-12(5-3-11)17(18,19)20/h2-5,13H,6-10H2,1H3,(H,21,24)/t13-,16-/m1/s1. The summed E-state index contributed by atoms with van der Waals surface area (Å²) in [4.78, 5) is 25.8. The Kier molecular flexibility index (Phi) is 4.74. The Morgan fingerprint density at radius 1 is 1.36 bits per heavy atom. The summed E-state index contributed by atoms with van der Waals surface area (Å²) in [5, 5.41) is 2.80. The average molecular weight is 372 g/mol. The number of carbonyl (C=O) groups is 2. The molecule has 4 nitrogen and oxygen atoms in total. The van der Waals surface area contributed by atoms with Crippen LogP contribution in [0.3, 0.4) is 0 Å². The molecule has 0 radical (unpaired) electrons. The number of nitrogens with zero attached hydrogens (tertiary/aromatic N) is 1. The lowest BCUT2D eigenvalue weighted by atomic mass is 10.1. The van der Waals surface area contributed by atoms with Gasteiger partial charge in [0.25, 0.3) is 0 Å².